The van der Waals surface area contributed by atoms with Gasteiger partial charge in [-0.15, -0.1) is 0 Å². The zero-order valence-corrected chi connectivity index (χ0v) is 11.4. The highest BCUT2D eigenvalue weighted by molar-refractivity contribution is 5.95. The lowest BCUT2D eigenvalue weighted by atomic mass is 10.2. The molecule has 0 radical (unpaired) electrons. The number of ether oxygens (including phenoxy) is 3. The molecule has 1 aromatic heterocycles. The fourth-order valence-corrected chi connectivity index (χ4v) is 1.82. The molecule has 7 heteroatoms. The Hall–Kier alpha value is -1.86. The lowest BCUT2D eigenvalue weighted by molar-refractivity contribution is -0.0819. The first-order valence-corrected chi connectivity index (χ1v) is 6.56. The van der Waals surface area contributed by atoms with Crippen molar-refractivity contribution in [2.45, 2.75) is 13.0 Å². The molecular weight excluding hydrogens is 262 g/mol. The van der Waals surface area contributed by atoms with Crippen LogP contribution < -0.4 is 11.1 Å². The first-order valence-electron chi connectivity index (χ1n) is 6.56. The van der Waals surface area contributed by atoms with Crippen LogP contribution in [0, 0.1) is 0 Å². The van der Waals surface area contributed by atoms with Gasteiger partial charge in [0.1, 0.15) is 5.82 Å². The number of esters is 1. The highest BCUT2D eigenvalue weighted by Gasteiger charge is 2.16. The highest BCUT2D eigenvalue weighted by Crippen LogP contribution is 2.16. The number of nitrogens with two attached hydrogens (primary N) is 1. The summed E-state index contributed by atoms with van der Waals surface area (Å²) < 4.78 is 15.8. The van der Waals surface area contributed by atoms with Crippen LogP contribution >= 0.6 is 0 Å². The van der Waals surface area contributed by atoms with E-state index in [1.165, 1.54) is 6.20 Å². The van der Waals surface area contributed by atoms with Crippen LogP contribution in [0.1, 0.15) is 17.3 Å². The molecule has 0 aromatic carbocycles. The van der Waals surface area contributed by atoms with Gasteiger partial charge in [-0.05, 0) is 13.0 Å². The van der Waals surface area contributed by atoms with Gasteiger partial charge in [-0.3, -0.25) is 0 Å². The summed E-state index contributed by atoms with van der Waals surface area (Å²) >= 11 is 0. The van der Waals surface area contributed by atoms with E-state index in [0.29, 0.717) is 50.0 Å². The lowest BCUT2D eigenvalue weighted by Gasteiger charge is -2.23. The van der Waals surface area contributed by atoms with Crippen molar-refractivity contribution in [3.8, 4) is 0 Å². The summed E-state index contributed by atoms with van der Waals surface area (Å²) in [6, 6.07) is 1.58. The number of carbonyl (C=O) groups is 1. The van der Waals surface area contributed by atoms with Crippen LogP contribution in [0.3, 0.4) is 0 Å². The number of nitrogen functional groups attached to an aromatic ring is 1. The van der Waals surface area contributed by atoms with Crippen molar-refractivity contribution in [1.29, 1.82) is 0 Å². The van der Waals surface area contributed by atoms with E-state index in [2.05, 4.69) is 10.3 Å². The Balaban J connectivity index is 1.97. The third-order valence-corrected chi connectivity index (χ3v) is 2.83. The Bertz CT molecular complexity index is 461. The topological polar surface area (TPSA) is 95.7 Å². The fraction of sp³-hybridized carbons (Fsp3) is 0.538. The lowest BCUT2D eigenvalue weighted by Crippen LogP contribution is -2.34. The molecule has 1 aliphatic rings. The van der Waals surface area contributed by atoms with Gasteiger partial charge in [-0.25, -0.2) is 9.78 Å². The van der Waals surface area contributed by atoms with Crippen LogP contribution in [0.15, 0.2) is 12.3 Å². The fourth-order valence-electron chi connectivity index (χ4n) is 1.82. The molecule has 20 heavy (non-hydrogen) atoms. The van der Waals surface area contributed by atoms with E-state index in [9.17, 15) is 4.79 Å². The largest absolute Gasteiger partial charge is 0.462 e. The van der Waals surface area contributed by atoms with Gasteiger partial charge in [0.05, 0.1) is 50.0 Å². The Kier molecular flexibility index (Phi) is 5.14. The number of hydrogen-bond acceptors (Lipinski definition) is 7. The minimum Gasteiger partial charge on any atom is -0.462 e. The second kappa shape index (κ2) is 7.06. The molecule has 1 atom stereocenters. The normalized spacial score (nSPS) is 18.6. The van der Waals surface area contributed by atoms with Gasteiger partial charge in [0, 0.05) is 6.54 Å². The van der Waals surface area contributed by atoms with Crippen LogP contribution in [0.4, 0.5) is 11.5 Å². The summed E-state index contributed by atoms with van der Waals surface area (Å²) in [5.41, 5.74) is 6.33. The smallest absolute Gasteiger partial charge is 0.340 e. The second-order valence-corrected chi connectivity index (χ2v) is 4.33. The third kappa shape index (κ3) is 3.82. The first kappa shape index (κ1) is 14.5. The monoisotopic (exact) mass is 281 g/mol. The number of anilines is 2. The Morgan fingerprint density at radius 2 is 2.45 bits per heavy atom. The summed E-state index contributed by atoms with van der Waals surface area (Å²) in [5, 5.41) is 3.10. The van der Waals surface area contributed by atoms with Gasteiger partial charge >= 0.3 is 5.97 Å². The predicted octanol–water partition coefficient (Wildman–Crippen LogP) is 0.668. The van der Waals surface area contributed by atoms with E-state index in [-0.39, 0.29) is 6.10 Å². The van der Waals surface area contributed by atoms with Gasteiger partial charge in [-0.1, -0.05) is 0 Å². The van der Waals surface area contributed by atoms with Gasteiger partial charge in [0.15, 0.2) is 0 Å². The van der Waals surface area contributed by atoms with E-state index in [4.69, 9.17) is 19.9 Å². The van der Waals surface area contributed by atoms with Crippen molar-refractivity contribution in [1.82, 2.24) is 4.98 Å². The highest BCUT2D eigenvalue weighted by atomic mass is 16.6. The molecule has 7 nitrogen and oxygen atoms in total. The Morgan fingerprint density at radius 1 is 1.60 bits per heavy atom. The number of aromatic nitrogens is 1. The number of nitrogens with one attached hydrogen (secondary N) is 1. The molecule has 1 fully saturated rings. The van der Waals surface area contributed by atoms with Crippen LogP contribution in [-0.2, 0) is 14.2 Å². The van der Waals surface area contributed by atoms with Crippen molar-refractivity contribution in [2.75, 3.05) is 44.0 Å². The number of nitrogens with zero attached hydrogens (tertiary/aromatic N) is 1. The van der Waals surface area contributed by atoms with Crippen LogP contribution in [0.5, 0.6) is 0 Å². The average Bonchev–Trinajstić information content (AvgIpc) is 2.47. The van der Waals surface area contributed by atoms with Gasteiger partial charge < -0.3 is 25.3 Å². The molecule has 1 saturated heterocycles. The molecular formula is C13H19N3O4. The van der Waals surface area contributed by atoms with Crippen molar-refractivity contribution < 1.29 is 19.0 Å². The first-order chi connectivity index (χ1) is 9.70. The van der Waals surface area contributed by atoms with Crippen molar-refractivity contribution in [3.63, 3.8) is 0 Å². The molecule has 0 spiro atoms. The molecule has 1 aromatic rings. The summed E-state index contributed by atoms with van der Waals surface area (Å²) in [6.45, 7) is 4.37. The standard InChI is InChI=1S/C13H19N3O4/c1-2-19-13(17)10-5-12(16-7-11(10)14)15-6-9-8-18-3-4-20-9/h5,7,9H,2-4,6,8,14H2,1H3,(H,15,16). The van der Waals surface area contributed by atoms with Crippen molar-refractivity contribution in [3.05, 3.63) is 17.8 Å². The molecule has 2 rings (SSSR count). The van der Waals surface area contributed by atoms with Gasteiger partial charge in [-0.2, -0.15) is 0 Å². The number of pyridine rings is 1. The molecule has 0 aliphatic carbocycles. The van der Waals surface area contributed by atoms with E-state index in [0.717, 1.165) is 0 Å². The number of hydrogen-bond donors (Lipinski definition) is 2. The maximum Gasteiger partial charge on any atom is 0.340 e. The van der Waals surface area contributed by atoms with E-state index in [1.54, 1.807) is 13.0 Å². The SMILES string of the molecule is CCOC(=O)c1cc(NCC2COCCO2)ncc1N. The summed E-state index contributed by atoms with van der Waals surface area (Å²) in [7, 11) is 0. The maximum atomic E-state index is 11.7. The molecule has 0 amide bonds. The van der Waals surface area contributed by atoms with Crippen LogP contribution in [0.25, 0.3) is 0 Å². The average molecular weight is 281 g/mol. The maximum absolute atomic E-state index is 11.7. The van der Waals surface area contributed by atoms with Crippen molar-refractivity contribution in [2.24, 2.45) is 0 Å². The molecule has 2 heterocycles. The Labute approximate surface area is 117 Å². The van der Waals surface area contributed by atoms with Gasteiger partial charge in [0.25, 0.3) is 0 Å². The predicted molar refractivity (Wildman–Crippen MR) is 73.7 cm³/mol. The van der Waals surface area contributed by atoms with Crippen molar-refractivity contribution >= 4 is 17.5 Å². The molecule has 0 bridgehead atoms. The molecule has 110 valence electrons. The van der Waals surface area contributed by atoms with Crippen LogP contribution in [0.2, 0.25) is 0 Å². The molecule has 3 N–H and O–H groups in total. The Morgan fingerprint density at radius 3 is 3.15 bits per heavy atom. The molecule has 1 unspecified atom stereocenters. The zero-order chi connectivity index (χ0) is 14.4. The second-order valence-electron chi connectivity index (χ2n) is 4.33. The minimum absolute atomic E-state index is 0.0193. The quantitative estimate of drug-likeness (QED) is 0.766. The molecule has 1 aliphatic heterocycles. The summed E-state index contributed by atoms with van der Waals surface area (Å²) in [4.78, 5) is 15.8. The number of carbonyl (C=O) groups excluding carboxylic acids is 1. The third-order valence-electron chi connectivity index (χ3n) is 2.83. The summed E-state index contributed by atoms with van der Waals surface area (Å²) in [5.74, 6) is 0.101. The zero-order valence-electron chi connectivity index (χ0n) is 11.4. The van der Waals surface area contributed by atoms with E-state index < -0.39 is 5.97 Å². The summed E-state index contributed by atoms with van der Waals surface area (Å²) in [6.07, 6.45) is 1.42. The number of rotatable bonds is 5. The van der Waals surface area contributed by atoms with Gasteiger partial charge in [0.2, 0.25) is 0 Å². The van der Waals surface area contributed by atoms with E-state index >= 15 is 0 Å². The van der Waals surface area contributed by atoms with E-state index in [1.807, 2.05) is 0 Å². The van der Waals surface area contributed by atoms with Crippen LogP contribution in [-0.4, -0.2) is 50.0 Å². The molecule has 0 saturated carbocycles. The minimum atomic E-state index is -0.451.